The summed E-state index contributed by atoms with van der Waals surface area (Å²) in [6.07, 6.45) is -3.35. The zero-order valence-corrected chi connectivity index (χ0v) is 16.5. The monoisotopic (exact) mass is 429 g/mol. The molecule has 0 unspecified atom stereocenters. The molecule has 0 fully saturated rings. The molecule has 0 spiro atoms. The molecule has 0 N–H and O–H groups in total. The Morgan fingerprint density at radius 2 is 1.90 bits per heavy atom. The third kappa shape index (κ3) is 5.30. The van der Waals surface area contributed by atoms with E-state index in [1.165, 1.54) is 0 Å². The van der Waals surface area contributed by atoms with E-state index in [1.54, 1.807) is 19.1 Å². The molecule has 0 radical (unpaired) electrons. The molecule has 0 amide bonds. The number of aromatic nitrogens is 3. The largest absolute Gasteiger partial charge is 0.493 e. The van der Waals surface area contributed by atoms with E-state index in [0.717, 1.165) is 11.5 Å². The Bertz CT molecular complexity index is 972. The Balaban J connectivity index is 1.74. The van der Waals surface area contributed by atoms with Crippen molar-refractivity contribution in [3.8, 4) is 17.1 Å². The predicted octanol–water partition coefficient (Wildman–Crippen LogP) is 4.73. The molecule has 0 aliphatic rings. The van der Waals surface area contributed by atoms with Gasteiger partial charge in [-0.2, -0.15) is 18.2 Å². The molecule has 0 saturated carbocycles. The van der Waals surface area contributed by atoms with E-state index in [0.29, 0.717) is 41.9 Å². The summed E-state index contributed by atoms with van der Waals surface area (Å²) in [5.41, 5.74) is 2.46. The van der Waals surface area contributed by atoms with Crippen molar-refractivity contribution in [2.24, 2.45) is 0 Å². The zero-order chi connectivity index (χ0) is 21.0. The Morgan fingerprint density at radius 3 is 2.52 bits per heavy atom. The van der Waals surface area contributed by atoms with Crippen LogP contribution in [0.3, 0.4) is 0 Å². The van der Waals surface area contributed by atoms with Crippen LogP contribution < -0.4 is 4.74 Å². The number of alkyl halides is 3. The minimum absolute atomic E-state index is 0.0817. The summed E-state index contributed by atoms with van der Waals surface area (Å²) in [6.45, 7) is 4.10. The van der Waals surface area contributed by atoms with Crippen molar-refractivity contribution in [3.05, 3.63) is 46.7 Å². The molecule has 0 aliphatic heterocycles. The topological polar surface area (TPSA) is 83.4 Å². The van der Waals surface area contributed by atoms with E-state index < -0.39 is 12.1 Å². The molecule has 11 heteroatoms. The summed E-state index contributed by atoms with van der Waals surface area (Å²) >= 11 is 3.76. The Labute approximate surface area is 169 Å². The molecule has 29 heavy (non-hydrogen) atoms. The number of ether oxygens (including phenoxy) is 1. The highest BCUT2D eigenvalue weighted by Crippen LogP contribution is 2.33. The number of hydrogen-bond donors (Lipinski definition) is 1. The van der Waals surface area contributed by atoms with Crippen molar-refractivity contribution in [1.82, 2.24) is 15.3 Å². The molecule has 0 atom stereocenters. The van der Waals surface area contributed by atoms with Crippen LogP contribution in [0.25, 0.3) is 11.4 Å². The highest BCUT2D eigenvalue weighted by atomic mass is 32.1. The van der Waals surface area contributed by atoms with Crippen LogP contribution in [0.15, 0.2) is 27.2 Å². The number of benzene rings is 1. The number of rotatable bonds is 8. The molecule has 2 aromatic heterocycles. The van der Waals surface area contributed by atoms with Crippen molar-refractivity contribution in [2.45, 2.75) is 39.5 Å². The maximum atomic E-state index is 12.7. The number of aryl methyl sites for hydroxylation is 3. The Hall–Kier alpha value is -2.53. The van der Waals surface area contributed by atoms with E-state index in [4.69, 9.17) is 13.4 Å². The average Bonchev–Trinajstić information content (AvgIpc) is 3.29. The highest BCUT2D eigenvalue weighted by molar-refractivity contribution is 7.75. The normalized spacial score (nSPS) is 11.8. The summed E-state index contributed by atoms with van der Waals surface area (Å²) in [4.78, 5) is 3.41. The predicted molar refractivity (Wildman–Crippen MR) is 98.3 cm³/mol. The third-order valence-corrected chi connectivity index (χ3v) is 4.12. The van der Waals surface area contributed by atoms with E-state index in [2.05, 4.69) is 32.7 Å². The van der Waals surface area contributed by atoms with Crippen LogP contribution in [0.4, 0.5) is 13.2 Å². The van der Waals surface area contributed by atoms with Gasteiger partial charge in [-0.15, -0.1) is 0 Å². The summed E-state index contributed by atoms with van der Waals surface area (Å²) in [5, 5.41) is 7.24. The first kappa shape index (κ1) is 21.2. The number of halogens is 3. The van der Waals surface area contributed by atoms with Crippen LogP contribution >= 0.6 is 12.9 Å². The first-order valence-electron chi connectivity index (χ1n) is 8.64. The second-order valence-corrected chi connectivity index (χ2v) is 6.62. The van der Waals surface area contributed by atoms with Gasteiger partial charge in [0.1, 0.15) is 11.5 Å². The first-order valence-corrected chi connectivity index (χ1v) is 9.00. The minimum atomic E-state index is -4.71. The van der Waals surface area contributed by atoms with Gasteiger partial charge in [-0.25, -0.2) is 0 Å². The summed E-state index contributed by atoms with van der Waals surface area (Å²) in [5.74, 6) is -0.237. The molecule has 156 valence electrons. The maximum absolute atomic E-state index is 12.7. The summed E-state index contributed by atoms with van der Waals surface area (Å²) < 4.78 is 58.3. The van der Waals surface area contributed by atoms with Crippen molar-refractivity contribution in [2.75, 3.05) is 6.61 Å². The highest BCUT2D eigenvalue weighted by Gasteiger charge is 2.38. The van der Waals surface area contributed by atoms with Crippen LogP contribution in [0.1, 0.15) is 34.9 Å². The van der Waals surface area contributed by atoms with E-state index >= 15 is 0 Å². The van der Waals surface area contributed by atoms with Crippen LogP contribution in [0, 0.1) is 13.8 Å². The van der Waals surface area contributed by atoms with Crippen molar-refractivity contribution in [3.63, 3.8) is 0 Å². The lowest BCUT2D eigenvalue weighted by Gasteiger charge is -2.15. The first-order chi connectivity index (χ1) is 13.8. The van der Waals surface area contributed by atoms with Gasteiger partial charge in [0.25, 0.3) is 0 Å². The second kappa shape index (κ2) is 8.87. The fourth-order valence-electron chi connectivity index (χ4n) is 2.77. The smallest absolute Gasteiger partial charge is 0.471 e. The molecule has 0 aliphatic carbocycles. The number of thiol groups is 1. The molecule has 2 heterocycles. The molecule has 3 rings (SSSR count). The lowest BCUT2D eigenvalue weighted by Crippen LogP contribution is -2.05. The van der Waals surface area contributed by atoms with Crippen molar-refractivity contribution >= 4 is 12.9 Å². The van der Waals surface area contributed by atoms with Crippen molar-refractivity contribution < 1.29 is 31.1 Å². The SMILES string of the molecule is Cc1cc(CCCOc2c(C)cc(-c3noc(C(F)(F)F)n3)cc2COS)on1. The van der Waals surface area contributed by atoms with Gasteiger partial charge in [-0.1, -0.05) is 10.3 Å². The molecular formula is C18H18F3N3O4S. The number of nitrogens with zero attached hydrogens (tertiary/aromatic N) is 3. The van der Waals surface area contributed by atoms with Gasteiger partial charge < -0.3 is 18.0 Å². The Kier molecular flexibility index (Phi) is 6.48. The standard InChI is InChI=1S/C18H18F3N3O4S/c1-10-6-12(16-22-17(28-24-16)18(19,20)21)8-13(9-26-29)15(10)25-5-3-4-14-7-11(2)23-27-14/h6-8,29H,3-5,9H2,1-2H3. The van der Waals surface area contributed by atoms with Gasteiger partial charge in [0, 0.05) is 23.6 Å². The molecule has 0 bridgehead atoms. The quantitative estimate of drug-likeness (QED) is 0.315. The van der Waals surface area contributed by atoms with Crippen LogP contribution in [0.2, 0.25) is 0 Å². The van der Waals surface area contributed by atoms with Gasteiger partial charge in [0.2, 0.25) is 5.82 Å². The fraction of sp³-hybridized carbons (Fsp3) is 0.389. The number of hydrogen-bond acceptors (Lipinski definition) is 8. The molecule has 7 nitrogen and oxygen atoms in total. The lowest BCUT2D eigenvalue weighted by atomic mass is 10.0. The van der Waals surface area contributed by atoms with Gasteiger partial charge in [-0.3, -0.25) is 0 Å². The molecule has 3 aromatic rings. The molecule has 1 aromatic carbocycles. The van der Waals surface area contributed by atoms with Gasteiger partial charge in [-0.05, 0) is 50.9 Å². The van der Waals surface area contributed by atoms with Crippen LogP contribution in [-0.4, -0.2) is 21.9 Å². The zero-order valence-electron chi connectivity index (χ0n) is 15.6. The lowest BCUT2D eigenvalue weighted by molar-refractivity contribution is -0.159. The molecule has 0 saturated heterocycles. The minimum Gasteiger partial charge on any atom is -0.493 e. The maximum Gasteiger partial charge on any atom is 0.471 e. The van der Waals surface area contributed by atoms with Gasteiger partial charge >= 0.3 is 12.1 Å². The fourth-order valence-corrected chi connectivity index (χ4v) is 2.91. The van der Waals surface area contributed by atoms with Crippen LogP contribution in [-0.2, 0) is 23.4 Å². The van der Waals surface area contributed by atoms with Crippen molar-refractivity contribution in [1.29, 1.82) is 0 Å². The summed E-state index contributed by atoms with van der Waals surface area (Å²) in [6, 6.07) is 5.08. The van der Waals surface area contributed by atoms with Gasteiger partial charge in [0.15, 0.2) is 0 Å². The second-order valence-electron chi connectivity index (χ2n) is 6.36. The Morgan fingerprint density at radius 1 is 1.10 bits per heavy atom. The van der Waals surface area contributed by atoms with E-state index in [1.807, 2.05) is 13.0 Å². The summed E-state index contributed by atoms with van der Waals surface area (Å²) in [7, 11) is 0. The average molecular weight is 429 g/mol. The van der Waals surface area contributed by atoms with E-state index in [9.17, 15) is 13.2 Å². The van der Waals surface area contributed by atoms with Crippen LogP contribution in [0.5, 0.6) is 5.75 Å². The van der Waals surface area contributed by atoms with E-state index in [-0.39, 0.29) is 12.4 Å². The third-order valence-electron chi connectivity index (χ3n) is 3.99. The van der Waals surface area contributed by atoms with Gasteiger partial charge in [0.05, 0.1) is 18.9 Å². The molecular weight excluding hydrogens is 411 g/mol.